The normalized spacial score (nSPS) is 11.9. The first-order chi connectivity index (χ1) is 14.5. The Labute approximate surface area is 189 Å². The lowest BCUT2D eigenvalue weighted by atomic mass is 10.2. The number of rotatable bonds is 9. The predicted octanol–water partition coefficient (Wildman–Crippen LogP) is 5.97. The van der Waals surface area contributed by atoms with Gasteiger partial charge < -0.3 is 14.0 Å². The van der Waals surface area contributed by atoms with Crippen molar-refractivity contribution in [3.05, 3.63) is 56.8 Å². The van der Waals surface area contributed by atoms with Crippen molar-refractivity contribution >= 4 is 50.7 Å². The monoisotopic (exact) mass is 466 g/mol. The number of unbranched alkanes of at least 4 members (excludes halogenated alkanes) is 1. The van der Waals surface area contributed by atoms with E-state index in [9.17, 15) is 4.79 Å². The molecule has 30 heavy (non-hydrogen) atoms. The van der Waals surface area contributed by atoms with Crippen molar-refractivity contribution in [2.24, 2.45) is 4.99 Å². The van der Waals surface area contributed by atoms with E-state index < -0.39 is 0 Å². The highest BCUT2D eigenvalue weighted by atomic mass is 35.5. The standard InChI is InChI=1S/C22H24Cl2N2O3S/c1-3-5-11-29-17-8-6-15(7-9-17)21(27)25-22-26(10-12-28-4-2)20-18(24)13-16(23)14-19(20)30-22/h6-9,13-14H,3-5,10-12H2,1-2H3. The molecule has 5 nitrogen and oxygen atoms in total. The minimum absolute atomic E-state index is 0.325. The molecule has 0 saturated carbocycles. The third-order valence-electron chi connectivity index (χ3n) is 4.42. The van der Waals surface area contributed by atoms with Gasteiger partial charge in [0.05, 0.1) is 28.5 Å². The first-order valence-corrected chi connectivity index (χ1v) is 11.5. The number of carbonyl (C=O) groups is 1. The van der Waals surface area contributed by atoms with Crippen LogP contribution in [0.25, 0.3) is 10.2 Å². The Morgan fingerprint density at radius 3 is 2.60 bits per heavy atom. The van der Waals surface area contributed by atoms with Crippen LogP contribution in [0.3, 0.4) is 0 Å². The van der Waals surface area contributed by atoms with Gasteiger partial charge >= 0.3 is 0 Å². The summed E-state index contributed by atoms with van der Waals surface area (Å²) in [6.45, 7) is 6.35. The third kappa shape index (κ3) is 5.64. The van der Waals surface area contributed by atoms with E-state index in [1.807, 2.05) is 17.6 Å². The van der Waals surface area contributed by atoms with E-state index in [0.29, 0.717) is 46.8 Å². The molecule has 0 bridgehead atoms. The van der Waals surface area contributed by atoms with Gasteiger partial charge in [-0.1, -0.05) is 47.9 Å². The Bertz CT molecular complexity index is 1070. The Kier molecular flexibility index (Phi) is 8.33. The molecule has 0 saturated heterocycles. The highest BCUT2D eigenvalue weighted by Crippen LogP contribution is 2.29. The molecule has 0 radical (unpaired) electrons. The maximum Gasteiger partial charge on any atom is 0.279 e. The van der Waals surface area contributed by atoms with E-state index in [1.165, 1.54) is 11.3 Å². The van der Waals surface area contributed by atoms with Gasteiger partial charge in [-0.3, -0.25) is 4.79 Å². The van der Waals surface area contributed by atoms with Gasteiger partial charge in [0.15, 0.2) is 4.80 Å². The molecule has 160 valence electrons. The molecule has 0 N–H and O–H groups in total. The van der Waals surface area contributed by atoms with Gasteiger partial charge in [0.2, 0.25) is 0 Å². The second-order valence-electron chi connectivity index (χ2n) is 6.61. The molecule has 0 aliphatic heterocycles. The van der Waals surface area contributed by atoms with Gasteiger partial charge in [0.1, 0.15) is 5.75 Å². The average Bonchev–Trinajstić information content (AvgIpc) is 3.06. The van der Waals surface area contributed by atoms with E-state index in [4.69, 9.17) is 32.7 Å². The zero-order chi connectivity index (χ0) is 21.5. The van der Waals surface area contributed by atoms with E-state index >= 15 is 0 Å². The maximum absolute atomic E-state index is 12.8. The van der Waals surface area contributed by atoms with Gasteiger partial charge in [-0.05, 0) is 49.7 Å². The topological polar surface area (TPSA) is 52.8 Å². The number of fused-ring (bicyclic) bond motifs is 1. The van der Waals surface area contributed by atoms with Crippen LogP contribution in [0.1, 0.15) is 37.0 Å². The van der Waals surface area contributed by atoms with Crippen molar-refractivity contribution in [2.45, 2.75) is 33.2 Å². The second-order valence-corrected chi connectivity index (χ2v) is 8.46. The number of thiazole rings is 1. The summed E-state index contributed by atoms with van der Waals surface area (Å²) in [4.78, 5) is 17.7. The molecule has 1 amide bonds. The van der Waals surface area contributed by atoms with Crippen LogP contribution in [-0.4, -0.2) is 30.3 Å². The highest BCUT2D eigenvalue weighted by molar-refractivity contribution is 7.16. The van der Waals surface area contributed by atoms with Crippen molar-refractivity contribution in [1.29, 1.82) is 0 Å². The highest BCUT2D eigenvalue weighted by Gasteiger charge is 2.13. The van der Waals surface area contributed by atoms with Gasteiger partial charge in [0.25, 0.3) is 5.91 Å². The molecule has 2 aromatic carbocycles. The number of aromatic nitrogens is 1. The number of hydrogen-bond donors (Lipinski definition) is 0. The van der Waals surface area contributed by atoms with Crippen LogP contribution >= 0.6 is 34.5 Å². The second kappa shape index (κ2) is 11.0. The fourth-order valence-electron chi connectivity index (χ4n) is 2.90. The van der Waals surface area contributed by atoms with Gasteiger partial charge in [-0.25, -0.2) is 0 Å². The zero-order valence-electron chi connectivity index (χ0n) is 17.0. The van der Waals surface area contributed by atoms with Gasteiger partial charge in [-0.15, -0.1) is 0 Å². The fourth-order valence-corrected chi connectivity index (χ4v) is 4.74. The Hall–Kier alpha value is -1.86. The fraction of sp³-hybridized carbons (Fsp3) is 0.364. The lowest BCUT2D eigenvalue weighted by Gasteiger charge is -2.07. The minimum atomic E-state index is -0.325. The number of ether oxygens (including phenoxy) is 2. The van der Waals surface area contributed by atoms with Crippen LogP contribution in [0.15, 0.2) is 41.4 Å². The minimum Gasteiger partial charge on any atom is -0.494 e. The molecule has 0 atom stereocenters. The van der Waals surface area contributed by atoms with E-state index in [2.05, 4.69) is 11.9 Å². The summed E-state index contributed by atoms with van der Waals surface area (Å²) in [7, 11) is 0. The first kappa shape index (κ1) is 22.8. The lowest BCUT2D eigenvalue weighted by molar-refractivity contribution is 0.0996. The van der Waals surface area contributed by atoms with Crippen molar-refractivity contribution in [2.75, 3.05) is 19.8 Å². The van der Waals surface area contributed by atoms with Crippen molar-refractivity contribution in [3.8, 4) is 5.75 Å². The molecule has 3 rings (SSSR count). The molecule has 0 unspecified atom stereocenters. The number of halogens is 2. The van der Waals surface area contributed by atoms with E-state index in [1.54, 1.807) is 30.3 Å². The molecular formula is C22H24Cl2N2O3S. The molecule has 8 heteroatoms. The summed E-state index contributed by atoms with van der Waals surface area (Å²) in [5, 5.41) is 1.06. The third-order valence-corrected chi connectivity index (χ3v) is 5.96. The summed E-state index contributed by atoms with van der Waals surface area (Å²) >= 11 is 14.0. The average molecular weight is 467 g/mol. The molecule has 0 aliphatic rings. The van der Waals surface area contributed by atoms with Crippen molar-refractivity contribution < 1.29 is 14.3 Å². The van der Waals surface area contributed by atoms with Crippen LogP contribution in [0.2, 0.25) is 10.0 Å². The van der Waals surface area contributed by atoms with Crippen LogP contribution in [-0.2, 0) is 11.3 Å². The largest absolute Gasteiger partial charge is 0.494 e. The van der Waals surface area contributed by atoms with Crippen molar-refractivity contribution in [3.63, 3.8) is 0 Å². The lowest BCUT2D eigenvalue weighted by Crippen LogP contribution is -2.20. The predicted molar refractivity (Wildman–Crippen MR) is 123 cm³/mol. The van der Waals surface area contributed by atoms with Crippen LogP contribution in [0.5, 0.6) is 5.75 Å². The number of hydrogen-bond acceptors (Lipinski definition) is 4. The molecule has 0 aliphatic carbocycles. The number of benzene rings is 2. The summed E-state index contributed by atoms with van der Waals surface area (Å²) in [6, 6.07) is 10.6. The van der Waals surface area contributed by atoms with Crippen LogP contribution in [0.4, 0.5) is 0 Å². The summed E-state index contributed by atoms with van der Waals surface area (Å²) < 4.78 is 13.9. The number of nitrogens with zero attached hydrogens (tertiary/aromatic N) is 2. The molecule has 1 aromatic heterocycles. The molecule has 1 heterocycles. The number of carbonyl (C=O) groups excluding carboxylic acids is 1. The smallest absolute Gasteiger partial charge is 0.279 e. The van der Waals surface area contributed by atoms with Gasteiger partial charge in [0, 0.05) is 23.7 Å². The quantitative estimate of drug-likeness (QED) is 0.365. The Morgan fingerprint density at radius 2 is 1.90 bits per heavy atom. The zero-order valence-corrected chi connectivity index (χ0v) is 19.3. The summed E-state index contributed by atoms with van der Waals surface area (Å²) in [5.74, 6) is 0.420. The SMILES string of the molecule is CCCCOc1ccc(C(=O)N=c2sc3cc(Cl)cc(Cl)c3n2CCOCC)cc1. The first-order valence-electron chi connectivity index (χ1n) is 9.91. The number of amides is 1. The van der Waals surface area contributed by atoms with Crippen LogP contribution in [0, 0.1) is 0 Å². The Balaban J connectivity index is 1.93. The molecular weight excluding hydrogens is 443 g/mol. The maximum atomic E-state index is 12.8. The van der Waals surface area contributed by atoms with Gasteiger partial charge in [-0.2, -0.15) is 4.99 Å². The summed E-state index contributed by atoms with van der Waals surface area (Å²) in [5.41, 5.74) is 1.30. The van der Waals surface area contributed by atoms with E-state index in [-0.39, 0.29) is 5.91 Å². The van der Waals surface area contributed by atoms with Crippen LogP contribution < -0.4 is 9.54 Å². The Morgan fingerprint density at radius 1 is 1.13 bits per heavy atom. The molecule has 0 spiro atoms. The molecule has 3 aromatic rings. The molecule has 0 fully saturated rings. The van der Waals surface area contributed by atoms with Crippen molar-refractivity contribution in [1.82, 2.24) is 4.57 Å². The summed E-state index contributed by atoms with van der Waals surface area (Å²) in [6.07, 6.45) is 2.07. The van der Waals surface area contributed by atoms with E-state index in [0.717, 1.165) is 28.8 Å².